The second kappa shape index (κ2) is 6.20. The zero-order valence-corrected chi connectivity index (χ0v) is 10.2. The number of aromatic hydroxyl groups is 1. The predicted octanol–water partition coefficient (Wildman–Crippen LogP) is 0.890. The number of hydrogen-bond donors (Lipinski definition) is 3. The highest BCUT2D eigenvalue weighted by Crippen LogP contribution is 2.14. The van der Waals surface area contributed by atoms with Crippen LogP contribution in [0.1, 0.15) is 30.6 Å². The van der Waals surface area contributed by atoms with Crippen LogP contribution >= 0.6 is 0 Å². The van der Waals surface area contributed by atoms with Gasteiger partial charge in [0.2, 0.25) is 0 Å². The van der Waals surface area contributed by atoms with Gasteiger partial charge in [-0.2, -0.15) is 0 Å². The van der Waals surface area contributed by atoms with Crippen LogP contribution in [0.5, 0.6) is 5.75 Å². The summed E-state index contributed by atoms with van der Waals surface area (Å²) in [7, 11) is 0. The Balaban J connectivity index is 2.68. The maximum absolute atomic E-state index is 11.9. The molecule has 0 bridgehead atoms. The molecule has 0 aromatic carbocycles. The highest BCUT2D eigenvalue weighted by atomic mass is 16.3. The van der Waals surface area contributed by atoms with Crippen LogP contribution in [-0.2, 0) is 0 Å². The van der Waals surface area contributed by atoms with E-state index in [1.54, 1.807) is 0 Å². The number of aromatic nitrogens is 1. The number of rotatable bonds is 5. The first-order valence-electron chi connectivity index (χ1n) is 5.68. The van der Waals surface area contributed by atoms with Gasteiger partial charge in [0.25, 0.3) is 5.91 Å². The third-order valence-electron chi connectivity index (χ3n) is 2.42. The molecule has 0 aliphatic rings. The van der Waals surface area contributed by atoms with E-state index in [9.17, 15) is 9.90 Å². The molecular weight excluding hydrogens is 218 g/mol. The fourth-order valence-electron chi connectivity index (χ4n) is 1.62. The van der Waals surface area contributed by atoms with E-state index in [0.717, 1.165) is 6.42 Å². The van der Waals surface area contributed by atoms with Crippen molar-refractivity contribution in [1.29, 1.82) is 0 Å². The minimum Gasteiger partial charge on any atom is -0.505 e. The largest absolute Gasteiger partial charge is 0.505 e. The van der Waals surface area contributed by atoms with Gasteiger partial charge >= 0.3 is 0 Å². The molecule has 0 saturated carbocycles. The second-order valence-corrected chi connectivity index (χ2v) is 4.43. The molecule has 1 aromatic rings. The maximum Gasteiger partial charge on any atom is 0.255 e. The Labute approximate surface area is 101 Å². The normalized spacial score (nSPS) is 12.5. The van der Waals surface area contributed by atoms with Crippen LogP contribution in [0.25, 0.3) is 0 Å². The van der Waals surface area contributed by atoms with Gasteiger partial charge in [-0.15, -0.1) is 0 Å². The zero-order chi connectivity index (χ0) is 12.8. The van der Waals surface area contributed by atoms with Crippen molar-refractivity contribution >= 4 is 5.91 Å². The Morgan fingerprint density at radius 3 is 2.82 bits per heavy atom. The van der Waals surface area contributed by atoms with Crippen molar-refractivity contribution in [2.45, 2.75) is 26.3 Å². The van der Waals surface area contributed by atoms with E-state index in [4.69, 9.17) is 5.73 Å². The smallest absolute Gasteiger partial charge is 0.255 e. The molecule has 0 fully saturated rings. The van der Waals surface area contributed by atoms with Gasteiger partial charge in [-0.3, -0.25) is 9.78 Å². The minimum absolute atomic E-state index is 0.0740. The number of carbonyl (C=O) groups excluding carboxylic acids is 1. The van der Waals surface area contributed by atoms with E-state index in [2.05, 4.69) is 24.1 Å². The molecule has 0 saturated heterocycles. The van der Waals surface area contributed by atoms with E-state index in [-0.39, 0.29) is 23.3 Å². The van der Waals surface area contributed by atoms with E-state index in [0.29, 0.717) is 12.5 Å². The first-order chi connectivity index (χ1) is 8.04. The third kappa shape index (κ3) is 4.03. The predicted molar refractivity (Wildman–Crippen MR) is 65.7 cm³/mol. The average Bonchev–Trinajstić information content (AvgIpc) is 2.27. The van der Waals surface area contributed by atoms with Gasteiger partial charge in [0.05, 0.1) is 11.8 Å². The van der Waals surface area contributed by atoms with Crippen LogP contribution in [0.4, 0.5) is 0 Å². The summed E-state index contributed by atoms with van der Waals surface area (Å²) in [6.45, 7) is 4.52. The summed E-state index contributed by atoms with van der Waals surface area (Å²) < 4.78 is 0. The molecule has 1 amide bonds. The SMILES string of the molecule is CC(C)CC(CN)NC(=O)c1ccncc1O. The van der Waals surface area contributed by atoms with Crippen LogP contribution < -0.4 is 11.1 Å². The Bertz CT molecular complexity index is 380. The lowest BCUT2D eigenvalue weighted by molar-refractivity contribution is 0.0931. The van der Waals surface area contributed by atoms with Crippen LogP contribution in [0, 0.1) is 5.92 Å². The fourth-order valence-corrected chi connectivity index (χ4v) is 1.62. The molecule has 17 heavy (non-hydrogen) atoms. The van der Waals surface area contributed by atoms with E-state index >= 15 is 0 Å². The summed E-state index contributed by atoms with van der Waals surface area (Å²) in [6, 6.07) is 1.41. The van der Waals surface area contributed by atoms with Crippen molar-refractivity contribution in [3.05, 3.63) is 24.0 Å². The van der Waals surface area contributed by atoms with Gasteiger partial charge in [0.15, 0.2) is 0 Å². The molecule has 1 unspecified atom stereocenters. The molecule has 1 atom stereocenters. The van der Waals surface area contributed by atoms with Crippen molar-refractivity contribution in [3.8, 4) is 5.75 Å². The van der Waals surface area contributed by atoms with Gasteiger partial charge in [-0.05, 0) is 18.4 Å². The summed E-state index contributed by atoms with van der Waals surface area (Å²) in [5.41, 5.74) is 5.82. The molecule has 5 nitrogen and oxygen atoms in total. The molecule has 0 aliphatic carbocycles. The summed E-state index contributed by atoms with van der Waals surface area (Å²) in [6.07, 6.45) is 3.53. The number of amides is 1. The van der Waals surface area contributed by atoms with Crippen molar-refractivity contribution in [2.75, 3.05) is 6.54 Å². The van der Waals surface area contributed by atoms with Gasteiger partial charge in [-0.25, -0.2) is 0 Å². The van der Waals surface area contributed by atoms with Crippen molar-refractivity contribution < 1.29 is 9.90 Å². The third-order valence-corrected chi connectivity index (χ3v) is 2.42. The van der Waals surface area contributed by atoms with Crippen LogP contribution in [0.2, 0.25) is 0 Å². The molecule has 0 radical (unpaired) electrons. The molecule has 4 N–H and O–H groups in total. The molecule has 1 aromatic heterocycles. The topological polar surface area (TPSA) is 88.2 Å². The number of nitrogens with two attached hydrogens (primary N) is 1. The van der Waals surface area contributed by atoms with Gasteiger partial charge in [-0.1, -0.05) is 13.8 Å². The molecule has 5 heteroatoms. The average molecular weight is 237 g/mol. The molecule has 1 rings (SSSR count). The number of nitrogens with one attached hydrogen (secondary N) is 1. The van der Waals surface area contributed by atoms with Crippen LogP contribution in [0.3, 0.4) is 0 Å². The lowest BCUT2D eigenvalue weighted by atomic mass is 10.0. The standard InChI is InChI=1S/C12H19N3O2/c1-8(2)5-9(6-13)15-12(17)10-3-4-14-7-11(10)16/h3-4,7-9,16H,5-6,13H2,1-2H3,(H,15,17). The van der Waals surface area contributed by atoms with Gasteiger partial charge in [0.1, 0.15) is 5.75 Å². The number of nitrogens with zero attached hydrogens (tertiary/aromatic N) is 1. The Morgan fingerprint density at radius 2 is 2.29 bits per heavy atom. The molecule has 0 aliphatic heterocycles. The van der Waals surface area contributed by atoms with Gasteiger partial charge in [0, 0.05) is 18.8 Å². The molecule has 1 heterocycles. The summed E-state index contributed by atoms with van der Waals surface area (Å²) in [4.78, 5) is 15.6. The lowest BCUT2D eigenvalue weighted by Gasteiger charge is -2.18. The molecule has 94 valence electrons. The second-order valence-electron chi connectivity index (χ2n) is 4.43. The van der Waals surface area contributed by atoms with Crippen molar-refractivity contribution in [3.63, 3.8) is 0 Å². The molecule has 0 spiro atoms. The summed E-state index contributed by atoms with van der Waals surface area (Å²) in [5, 5.41) is 12.3. The van der Waals surface area contributed by atoms with E-state index in [1.165, 1.54) is 18.5 Å². The first kappa shape index (κ1) is 13.4. The first-order valence-corrected chi connectivity index (χ1v) is 5.68. The van der Waals surface area contributed by atoms with Crippen molar-refractivity contribution in [2.24, 2.45) is 11.7 Å². The Morgan fingerprint density at radius 1 is 1.59 bits per heavy atom. The van der Waals surface area contributed by atoms with Gasteiger partial charge < -0.3 is 16.2 Å². The van der Waals surface area contributed by atoms with Crippen LogP contribution in [0.15, 0.2) is 18.5 Å². The lowest BCUT2D eigenvalue weighted by Crippen LogP contribution is -2.41. The Hall–Kier alpha value is -1.62. The van der Waals surface area contributed by atoms with Crippen LogP contribution in [-0.4, -0.2) is 28.6 Å². The summed E-state index contributed by atoms with van der Waals surface area (Å²) in [5.74, 6) is 0.0150. The quantitative estimate of drug-likeness (QED) is 0.709. The zero-order valence-electron chi connectivity index (χ0n) is 10.2. The maximum atomic E-state index is 11.9. The highest BCUT2D eigenvalue weighted by Gasteiger charge is 2.16. The minimum atomic E-state index is -0.319. The van der Waals surface area contributed by atoms with E-state index < -0.39 is 0 Å². The Kier molecular flexibility index (Phi) is 4.90. The van der Waals surface area contributed by atoms with E-state index in [1.807, 2.05) is 0 Å². The fraction of sp³-hybridized carbons (Fsp3) is 0.500. The number of hydrogen-bond acceptors (Lipinski definition) is 4. The van der Waals surface area contributed by atoms with Crippen molar-refractivity contribution in [1.82, 2.24) is 10.3 Å². The molecular formula is C12H19N3O2. The highest BCUT2D eigenvalue weighted by molar-refractivity contribution is 5.96. The summed E-state index contributed by atoms with van der Waals surface area (Å²) >= 11 is 0. The number of carbonyl (C=O) groups is 1. The monoisotopic (exact) mass is 237 g/mol. The number of pyridine rings is 1.